The van der Waals surface area contributed by atoms with Crippen LogP contribution in [0.2, 0.25) is 5.02 Å². The lowest BCUT2D eigenvalue weighted by Crippen LogP contribution is -2.34. The molecule has 25 heavy (non-hydrogen) atoms. The van der Waals surface area contributed by atoms with Crippen molar-refractivity contribution in [3.05, 3.63) is 52.3 Å². The van der Waals surface area contributed by atoms with E-state index in [9.17, 15) is 9.90 Å². The van der Waals surface area contributed by atoms with Crippen LogP contribution in [-0.2, 0) is 16.0 Å². The Hall–Kier alpha value is -2.27. The third-order valence-corrected chi connectivity index (χ3v) is 4.83. The number of nitrogens with zero attached hydrogens (tertiary/aromatic N) is 2. The zero-order valence-corrected chi connectivity index (χ0v) is 15.1. The molecular weight excluding hydrogens is 340 g/mol. The van der Waals surface area contributed by atoms with Gasteiger partial charge in [0.2, 0.25) is 0 Å². The first-order valence-corrected chi connectivity index (χ1v) is 8.80. The van der Waals surface area contributed by atoms with Crippen LogP contribution in [-0.4, -0.2) is 40.9 Å². The first-order valence-electron chi connectivity index (χ1n) is 8.42. The van der Waals surface area contributed by atoms with Gasteiger partial charge in [-0.25, -0.2) is 4.79 Å². The Morgan fingerprint density at radius 3 is 2.96 bits per heavy atom. The van der Waals surface area contributed by atoms with Crippen LogP contribution in [0.4, 0.5) is 0 Å². The molecule has 6 heteroatoms. The lowest BCUT2D eigenvalue weighted by Gasteiger charge is -2.27. The van der Waals surface area contributed by atoms with E-state index in [1.807, 2.05) is 12.1 Å². The van der Waals surface area contributed by atoms with Gasteiger partial charge in [0.1, 0.15) is 11.5 Å². The Labute approximate surface area is 152 Å². The van der Waals surface area contributed by atoms with E-state index in [-0.39, 0.29) is 17.8 Å². The number of carbonyl (C=O) groups is 1. The highest BCUT2D eigenvalue weighted by Gasteiger charge is 2.34. The van der Waals surface area contributed by atoms with Gasteiger partial charge >= 0.3 is 5.97 Å². The van der Waals surface area contributed by atoms with Gasteiger partial charge in [-0.05, 0) is 36.6 Å². The van der Waals surface area contributed by atoms with Crippen molar-refractivity contribution in [2.75, 3.05) is 13.2 Å². The van der Waals surface area contributed by atoms with Crippen molar-refractivity contribution in [1.29, 1.82) is 0 Å². The Bertz CT molecular complexity index is 783. The van der Waals surface area contributed by atoms with E-state index in [1.54, 1.807) is 19.2 Å². The fourth-order valence-electron chi connectivity index (χ4n) is 3.25. The van der Waals surface area contributed by atoms with E-state index in [0.717, 1.165) is 23.3 Å². The van der Waals surface area contributed by atoms with Crippen LogP contribution in [0.5, 0.6) is 5.75 Å². The minimum absolute atomic E-state index is 0.0817. The molecular formula is C19H21ClN2O3. The van der Waals surface area contributed by atoms with Crippen LogP contribution in [0.25, 0.3) is 0 Å². The molecule has 1 N–H and O–H groups in total. The summed E-state index contributed by atoms with van der Waals surface area (Å²) in [6, 6.07) is 5.44. The fraction of sp³-hybridized carbons (Fsp3) is 0.368. The van der Waals surface area contributed by atoms with Crippen LogP contribution in [0.15, 0.2) is 46.7 Å². The third kappa shape index (κ3) is 3.42. The molecule has 3 rings (SSSR count). The molecule has 0 saturated carbocycles. The zero-order valence-electron chi connectivity index (χ0n) is 14.3. The molecule has 2 aliphatic heterocycles. The molecule has 0 spiro atoms. The fourth-order valence-corrected chi connectivity index (χ4v) is 3.45. The average molecular weight is 361 g/mol. The maximum Gasteiger partial charge on any atom is 0.352 e. The Morgan fingerprint density at radius 2 is 2.24 bits per heavy atom. The SMILES string of the molecule is CCOC(=O)C1=NC=C2C(Cc3cccc(Cl)c3O)=CN(CC)C2C1. The highest BCUT2D eigenvalue weighted by molar-refractivity contribution is 6.37. The van der Waals surface area contributed by atoms with Crippen molar-refractivity contribution in [3.63, 3.8) is 0 Å². The van der Waals surface area contributed by atoms with E-state index in [1.165, 1.54) is 0 Å². The van der Waals surface area contributed by atoms with E-state index >= 15 is 0 Å². The summed E-state index contributed by atoms with van der Waals surface area (Å²) in [5.41, 5.74) is 3.39. The number of ether oxygens (including phenoxy) is 1. The van der Waals surface area contributed by atoms with Crippen molar-refractivity contribution in [3.8, 4) is 5.75 Å². The number of aliphatic imine (C=N–C) groups is 1. The maximum absolute atomic E-state index is 12.0. The second-order valence-electron chi connectivity index (χ2n) is 6.01. The molecule has 1 aromatic rings. The molecule has 0 aliphatic carbocycles. The van der Waals surface area contributed by atoms with E-state index in [0.29, 0.717) is 30.2 Å². The van der Waals surface area contributed by atoms with Crippen LogP contribution in [0, 0.1) is 0 Å². The van der Waals surface area contributed by atoms with Crippen LogP contribution >= 0.6 is 11.6 Å². The number of benzene rings is 1. The van der Waals surface area contributed by atoms with Crippen molar-refractivity contribution < 1.29 is 14.6 Å². The topological polar surface area (TPSA) is 62.1 Å². The van der Waals surface area contributed by atoms with Gasteiger partial charge in [0.15, 0.2) is 0 Å². The molecule has 0 radical (unpaired) electrons. The first kappa shape index (κ1) is 17.5. The van der Waals surface area contributed by atoms with E-state index in [4.69, 9.17) is 16.3 Å². The number of esters is 1. The van der Waals surface area contributed by atoms with E-state index < -0.39 is 0 Å². The highest BCUT2D eigenvalue weighted by atomic mass is 35.5. The highest BCUT2D eigenvalue weighted by Crippen LogP contribution is 2.37. The third-order valence-electron chi connectivity index (χ3n) is 4.53. The van der Waals surface area contributed by atoms with Gasteiger partial charge in [-0.15, -0.1) is 0 Å². The van der Waals surface area contributed by atoms with Gasteiger partial charge in [-0.1, -0.05) is 23.7 Å². The number of aromatic hydroxyl groups is 1. The lowest BCUT2D eigenvalue weighted by atomic mass is 9.92. The molecule has 1 aromatic carbocycles. The average Bonchev–Trinajstić information content (AvgIpc) is 2.96. The van der Waals surface area contributed by atoms with Crippen LogP contribution in [0.1, 0.15) is 25.8 Å². The van der Waals surface area contributed by atoms with Crippen molar-refractivity contribution in [2.45, 2.75) is 32.7 Å². The number of hydrogen-bond donors (Lipinski definition) is 1. The summed E-state index contributed by atoms with van der Waals surface area (Å²) in [7, 11) is 0. The van der Waals surface area contributed by atoms with Gasteiger partial charge in [-0.2, -0.15) is 0 Å². The summed E-state index contributed by atoms with van der Waals surface area (Å²) in [6.07, 6.45) is 4.93. The monoisotopic (exact) mass is 360 g/mol. The molecule has 0 amide bonds. The number of phenolic OH excluding ortho intramolecular Hbond substituents is 1. The number of rotatable bonds is 5. The molecule has 0 aromatic heterocycles. The second kappa shape index (κ2) is 7.31. The molecule has 5 nitrogen and oxygen atoms in total. The van der Waals surface area contributed by atoms with Gasteiger partial charge in [0, 0.05) is 31.8 Å². The Balaban J connectivity index is 1.88. The van der Waals surface area contributed by atoms with Crippen LogP contribution in [0.3, 0.4) is 0 Å². The first-order chi connectivity index (χ1) is 12.0. The Morgan fingerprint density at radius 1 is 1.44 bits per heavy atom. The van der Waals surface area contributed by atoms with Crippen LogP contribution < -0.4 is 0 Å². The number of hydrogen-bond acceptors (Lipinski definition) is 5. The minimum atomic E-state index is -0.352. The Kier molecular flexibility index (Phi) is 5.13. The number of phenols is 1. The molecule has 0 saturated heterocycles. The molecule has 2 aliphatic rings. The molecule has 2 heterocycles. The molecule has 1 atom stereocenters. The zero-order chi connectivity index (χ0) is 18.0. The van der Waals surface area contributed by atoms with Crippen molar-refractivity contribution in [2.24, 2.45) is 4.99 Å². The minimum Gasteiger partial charge on any atom is -0.506 e. The normalized spacial score (nSPS) is 19.1. The standard InChI is InChI=1S/C19H21ClN2O3/c1-3-22-11-13(8-12-6-5-7-15(20)18(12)23)14-10-21-16(9-17(14)22)19(24)25-4-2/h5-7,10-11,17,23H,3-4,8-9H2,1-2H3. The summed E-state index contributed by atoms with van der Waals surface area (Å²) >= 11 is 6.01. The molecule has 132 valence electrons. The summed E-state index contributed by atoms with van der Waals surface area (Å²) in [4.78, 5) is 18.5. The van der Waals surface area contributed by atoms with Gasteiger partial charge in [0.25, 0.3) is 0 Å². The number of likely N-dealkylation sites (N-methyl/N-ethyl adjacent to an activating group) is 1. The quantitative estimate of drug-likeness (QED) is 0.817. The summed E-state index contributed by atoms with van der Waals surface area (Å²) < 4.78 is 5.07. The van der Waals surface area contributed by atoms with Crippen molar-refractivity contribution >= 4 is 23.3 Å². The smallest absolute Gasteiger partial charge is 0.352 e. The maximum atomic E-state index is 12.0. The summed E-state index contributed by atoms with van der Waals surface area (Å²) in [5, 5.41) is 10.5. The number of fused-ring (bicyclic) bond motifs is 1. The molecule has 0 bridgehead atoms. The number of carbonyl (C=O) groups excluding carboxylic acids is 1. The van der Waals surface area contributed by atoms with Gasteiger partial charge in [0.05, 0.1) is 17.7 Å². The predicted molar refractivity (Wildman–Crippen MR) is 97.8 cm³/mol. The lowest BCUT2D eigenvalue weighted by molar-refractivity contribution is -0.135. The number of para-hydroxylation sites is 1. The predicted octanol–water partition coefficient (Wildman–Crippen LogP) is 3.47. The summed E-state index contributed by atoms with van der Waals surface area (Å²) in [6.45, 7) is 5.02. The van der Waals surface area contributed by atoms with Gasteiger partial charge in [-0.3, -0.25) is 4.99 Å². The second-order valence-corrected chi connectivity index (χ2v) is 6.42. The number of halogens is 1. The largest absolute Gasteiger partial charge is 0.506 e. The molecule has 0 fully saturated rings. The van der Waals surface area contributed by atoms with Crippen molar-refractivity contribution in [1.82, 2.24) is 4.90 Å². The molecule has 1 unspecified atom stereocenters. The van der Waals surface area contributed by atoms with E-state index in [2.05, 4.69) is 23.0 Å². The van der Waals surface area contributed by atoms with Gasteiger partial charge < -0.3 is 14.7 Å². The summed E-state index contributed by atoms with van der Waals surface area (Å²) in [5.74, 6) is -0.238.